The molecular weight excluding hydrogens is 178 g/mol. The average Bonchev–Trinajstić information content (AvgIpc) is 2.04. The van der Waals surface area contributed by atoms with Crippen molar-refractivity contribution in [1.82, 2.24) is 4.90 Å². The number of hydrogen-bond acceptors (Lipinski definition) is 2. The highest BCUT2D eigenvalue weighted by Crippen LogP contribution is 2.20. The van der Waals surface area contributed by atoms with Gasteiger partial charge in [-0.05, 0) is 31.4 Å². The highest BCUT2D eigenvalue weighted by molar-refractivity contribution is 6.62. The highest BCUT2D eigenvalue weighted by atomic mass is 35.5. The van der Waals surface area contributed by atoms with E-state index < -0.39 is 0 Å². The molecule has 12 heavy (non-hydrogen) atoms. The maximum atomic E-state index is 10.9. The van der Waals surface area contributed by atoms with Gasteiger partial charge < -0.3 is 9.64 Å². The number of rotatable bonds is 1. The van der Waals surface area contributed by atoms with Crippen LogP contribution in [0.4, 0.5) is 4.79 Å². The predicted octanol–water partition coefficient (Wildman–Crippen LogP) is 1.84. The summed E-state index contributed by atoms with van der Waals surface area (Å²) in [6.45, 7) is 2.72. The van der Waals surface area contributed by atoms with Gasteiger partial charge in [0.15, 0.2) is 0 Å². The number of carbonyl (C=O) groups excluding carboxylic acids is 1. The molecule has 1 fully saturated rings. The second kappa shape index (κ2) is 4.10. The summed E-state index contributed by atoms with van der Waals surface area (Å²) < 4.78 is 5.23. The van der Waals surface area contributed by atoms with E-state index >= 15 is 0 Å². The van der Waals surface area contributed by atoms with Crippen LogP contribution >= 0.6 is 11.6 Å². The summed E-state index contributed by atoms with van der Waals surface area (Å²) in [4.78, 5) is 12.6. The van der Waals surface area contributed by atoms with Crippen LogP contribution in [0, 0.1) is 0 Å². The zero-order chi connectivity index (χ0) is 9.14. The normalized spacial score (nSPS) is 30.4. The Labute approximate surface area is 77.6 Å². The molecule has 0 spiro atoms. The van der Waals surface area contributed by atoms with Gasteiger partial charge in [0.2, 0.25) is 0 Å². The van der Waals surface area contributed by atoms with Crippen LogP contribution in [0.5, 0.6) is 0 Å². The molecule has 0 radical (unpaired) electrons. The average molecular weight is 192 g/mol. The van der Waals surface area contributed by atoms with Crippen LogP contribution in [0.1, 0.15) is 19.8 Å². The molecule has 2 atom stereocenters. The van der Waals surface area contributed by atoms with E-state index in [-0.39, 0.29) is 17.5 Å². The maximum absolute atomic E-state index is 10.9. The van der Waals surface area contributed by atoms with E-state index in [9.17, 15) is 4.79 Å². The van der Waals surface area contributed by atoms with E-state index in [0.717, 1.165) is 19.4 Å². The minimum absolute atomic E-state index is 0.105. The Balaban J connectivity index is 2.59. The lowest BCUT2D eigenvalue weighted by Gasteiger charge is -2.37. The number of methoxy groups -OCH3 is 1. The van der Waals surface area contributed by atoms with Gasteiger partial charge >= 0.3 is 5.37 Å². The third-order valence-corrected chi connectivity index (χ3v) is 2.66. The number of piperidine rings is 1. The molecule has 0 saturated carbocycles. The molecule has 4 heteroatoms. The quantitative estimate of drug-likeness (QED) is 0.468. The van der Waals surface area contributed by atoms with E-state index in [0.29, 0.717) is 0 Å². The third-order valence-electron chi connectivity index (χ3n) is 2.45. The summed E-state index contributed by atoms with van der Waals surface area (Å²) in [7, 11) is 1.67. The third kappa shape index (κ3) is 1.90. The van der Waals surface area contributed by atoms with Gasteiger partial charge in [-0.2, -0.15) is 0 Å². The van der Waals surface area contributed by atoms with Gasteiger partial charge in [-0.25, -0.2) is 0 Å². The van der Waals surface area contributed by atoms with Gasteiger partial charge in [0, 0.05) is 13.7 Å². The minimum Gasteiger partial charge on any atom is -0.379 e. The number of amides is 1. The molecule has 0 aromatic heterocycles. The lowest BCUT2D eigenvalue weighted by atomic mass is 10.0. The summed E-state index contributed by atoms with van der Waals surface area (Å²) >= 11 is 5.41. The number of nitrogens with zero attached hydrogens (tertiary/aromatic N) is 1. The lowest BCUT2D eigenvalue weighted by molar-refractivity contribution is 0.00944. The van der Waals surface area contributed by atoms with Crippen LogP contribution < -0.4 is 0 Å². The molecule has 0 aromatic rings. The smallest absolute Gasteiger partial charge is 0.316 e. The highest BCUT2D eigenvalue weighted by Gasteiger charge is 2.29. The van der Waals surface area contributed by atoms with Crippen molar-refractivity contribution < 1.29 is 9.53 Å². The van der Waals surface area contributed by atoms with Crippen molar-refractivity contribution in [2.24, 2.45) is 0 Å². The van der Waals surface area contributed by atoms with Crippen molar-refractivity contribution in [2.75, 3.05) is 13.7 Å². The molecule has 1 aliphatic rings. The Morgan fingerprint density at radius 1 is 1.67 bits per heavy atom. The molecule has 1 saturated heterocycles. The van der Waals surface area contributed by atoms with Crippen molar-refractivity contribution in [1.29, 1.82) is 0 Å². The molecule has 0 unspecified atom stereocenters. The lowest BCUT2D eigenvalue weighted by Crippen LogP contribution is -2.48. The monoisotopic (exact) mass is 191 g/mol. The topological polar surface area (TPSA) is 29.5 Å². The van der Waals surface area contributed by atoms with Crippen molar-refractivity contribution in [3.63, 3.8) is 0 Å². The fraction of sp³-hybridized carbons (Fsp3) is 0.875. The van der Waals surface area contributed by atoms with Crippen molar-refractivity contribution in [2.45, 2.75) is 31.9 Å². The van der Waals surface area contributed by atoms with E-state index in [4.69, 9.17) is 16.3 Å². The van der Waals surface area contributed by atoms with Gasteiger partial charge in [0.1, 0.15) is 0 Å². The maximum Gasteiger partial charge on any atom is 0.316 e. The first-order chi connectivity index (χ1) is 5.66. The van der Waals surface area contributed by atoms with Crippen LogP contribution in [0.15, 0.2) is 0 Å². The fourth-order valence-electron chi connectivity index (χ4n) is 1.67. The van der Waals surface area contributed by atoms with Gasteiger partial charge in [-0.15, -0.1) is 0 Å². The molecule has 1 amide bonds. The molecular formula is C8H14ClNO2. The molecule has 1 rings (SSSR count). The Kier molecular flexibility index (Phi) is 3.35. The standard InChI is InChI=1S/C8H14ClNO2/c1-6-7(12-2)4-3-5-10(6)8(9)11/h6-7H,3-5H2,1-2H3/t6-,7-/m0/s1. The second-order valence-corrected chi connectivity index (χ2v) is 3.43. The van der Waals surface area contributed by atoms with Crippen LogP contribution in [-0.2, 0) is 4.74 Å². The molecule has 0 aliphatic carbocycles. The summed E-state index contributed by atoms with van der Waals surface area (Å²) in [5.41, 5.74) is 0. The van der Waals surface area contributed by atoms with Crippen LogP contribution in [0.25, 0.3) is 0 Å². The zero-order valence-corrected chi connectivity index (χ0v) is 8.17. The van der Waals surface area contributed by atoms with Gasteiger partial charge in [0.05, 0.1) is 12.1 Å². The van der Waals surface area contributed by atoms with Gasteiger partial charge in [0.25, 0.3) is 0 Å². The summed E-state index contributed by atoms with van der Waals surface area (Å²) in [5.74, 6) is 0. The number of likely N-dealkylation sites (tertiary alicyclic amines) is 1. The first-order valence-electron chi connectivity index (χ1n) is 4.15. The summed E-state index contributed by atoms with van der Waals surface area (Å²) in [5, 5.41) is -0.371. The van der Waals surface area contributed by atoms with Gasteiger partial charge in [-0.1, -0.05) is 0 Å². The van der Waals surface area contributed by atoms with E-state index in [1.165, 1.54) is 0 Å². The predicted molar refractivity (Wildman–Crippen MR) is 47.4 cm³/mol. The Bertz CT molecular complexity index is 174. The van der Waals surface area contributed by atoms with E-state index in [1.54, 1.807) is 12.0 Å². The van der Waals surface area contributed by atoms with Crippen molar-refractivity contribution >= 4 is 17.0 Å². The number of carbonyl (C=O) groups is 1. The number of hydrogen-bond donors (Lipinski definition) is 0. The molecule has 0 bridgehead atoms. The summed E-state index contributed by atoms with van der Waals surface area (Å²) in [6, 6.07) is 0.105. The van der Waals surface area contributed by atoms with Crippen LogP contribution in [0.2, 0.25) is 0 Å². The van der Waals surface area contributed by atoms with Crippen LogP contribution in [-0.4, -0.2) is 36.1 Å². The van der Waals surface area contributed by atoms with Crippen molar-refractivity contribution in [3.05, 3.63) is 0 Å². The SMILES string of the molecule is CO[C@H]1CCCN(C(=O)Cl)[C@H]1C. The number of ether oxygens (including phenoxy) is 1. The minimum atomic E-state index is -0.371. The Morgan fingerprint density at radius 3 is 2.83 bits per heavy atom. The van der Waals surface area contributed by atoms with E-state index in [2.05, 4.69) is 0 Å². The number of halogens is 1. The molecule has 3 nitrogen and oxygen atoms in total. The van der Waals surface area contributed by atoms with Crippen LogP contribution in [0.3, 0.4) is 0 Å². The van der Waals surface area contributed by atoms with Crippen molar-refractivity contribution in [3.8, 4) is 0 Å². The second-order valence-electron chi connectivity index (χ2n) is 3.10. The first kappa shape index (κ1) is 9.81. The Hall–Kier alpha value is -0.280. The fourth-order valence-corrected chi connectivity index (χ4v) is 1.91. The zero-order valence-electron chi connectivity index (χ0n) is 7.42. The molecule has 70 valence electrons. The molecule has 0 N–H and O–H groups in total. The van der Waals surface area contributed by atoms with Gasteiger partial charge in [-0.3, -0.25) is 4.79 Å². The Morgan fingerprint density at radius 2 is 2.33 bits per heavy atom. The first-order valence-corrected chi connectivity index (χ1v) is 4.53. The molecule has 1 heterocycles. The summed E-state index contributed by atoms with van der Waals surface area (Å²) in [6.07, 6.45) is 2.13. The largest absolute Gasteiger partial charge is 0.379 e. The molecule has 1 aliphatic heterocycles. The van der Waals surface area contributed by atoms with E-state index in [1.807, 2.05) is 6.92 Å². The molecule has 0 aromatic carbocycles.